The molecule has 42 heavy (non-hydrogen) atoms. The number of carbonyl (C=O) groups excluding carboxylic acids is 3. The van der Waals surface area contributed by atoms with E-state index in [4.69, 9.17) is 4.74 Å². The number of fused-ring (bicyclic) bond motifs is 1. The number of imidazole rings is 1. The van der Waals surface area contributed by atoms with Crippen LogP contribution < -0.4 is 15.5 Å². The highest BCUT2D eigenvalue weighted by atomic mass is 16.5. The van der Waals surface area contributed by atoms with Gasteiger partial charge in [0, 0.05) is 30.3 Å². The fraction of sp³-hybridized carbons (Fsp3) is 0.333. The van der Waals surface area contributed by atoms with Crippen LogP contribution in [0.15, 0.2) is 78.9 Å². The van der Waals surface area contributed by atoms with E-state index in [0.29, 0.717) is 36.2 Å². The zero-order valence-electron chi connectivity index (χ0n) is 23.8. The molecule has 3 aromatic carbocycles. The highest BCUT2D eigenvalue weighted by Crippen LogP contribution is 2.27. The normalized spacial score (nSPS) is 16.5. The first kappa shape index (κ1) is 28.9. The second-order valence-corrected chi connectivity index (χ2v) is 10.7. The van der Waals surface area contributed by atoms with Gasteiger partial charge in [-0.15, -0.1) is 0 Å². The topological polar surface area (TPSA) is 116 Å². The van der Waals surface area contributed by atoms with E-state index in [1.54, 1.807) is 24.3 Å². The number of rotatable bonds is 11. The first-order chi connectivity index (χ1) is 20.5. The van der Waals surface area contributed by atoms with Crippen LogP contribution in [0.3, 0.4) is 0 Å². The van der Waals surface area contributed by atoms with Crippen molar-refractivity contribution in [3.63, 3.8) is 0 Å². The molecule has 1 fully saturated rings. The predicted octanol–water partition coefficient (Wildman–Crippen LogP) is 5.10. The third-order valence-corrected chi connectivity index (χ3v) is 7.84. The standard InChI is InChI=1S/C33H37N5O4/c1-42-31(40)20-17-24-9-5-8-14-29(24)38(32(41)25-10-3-2-4-11-25)22-30(39)34-21-23-15-18-26(19-16-23)35-33-36-27-12-6-7-13-28(27)37-33/h2-14,23,26H,15-22H2,1H3,(H,34,39)(H2,35,36,37). The molecule has 0 radical (unpaired) electrons. The monoisotopic (exact) mass is 567 g/mol. The Morgan fingerprint density at radius 2 is 1.64 bits per heavy atom. The summed E-state index contributed by atoms with van der Waals surface area (Å²) in [5.74, 6) is 0.347. The van der Waals surface area contributed by atoms with Crippen LogP contribution in [0.4, 0.5) is 11.6 Å². The van der Waals surface area contributed by atoms with Gasteiger partial charge in [0.15, 0.2) is 0 Å². The Bertz CT molecular complexity index is 1480. The molecule has 2 amide bonds. The zero-order chi connectivity index (χ0) is 29.3. The quantitative estimate of drug-likeness (QED) is 0.217. The number of para-hydroxylation sites is 3. The molecule has 0 spiro atoms. The van der Waals surface area contributed by atoms with Crippen LogP contribution in [0.25, 0.3) is 11.0 Å². The maximum Gasteiger partial charge on any atom is 0.305 e. The van der Waals surface area contributed by atoms with E-state index in [-0.39, 0.29) is 30.7 Å². The lowest BCUT2D eigenvalue weighted by Gasteiger charge is -2.29. The number of benzene rings is 3. The van der Waals surface area contributed by atoms with E-state index in [1.165, 1.54) is 12.0 Å². The summed E-state index contributed by atoms with van der Waals surface area (Å²) in [6, 6.07) is 24.6. The van der Waals surface area contributed by atoms with Crippen LogP contribution >= 0.6 is 0 Å². The molecule has 0 atom stereocenters. The molecule has 0 unspecified atom stereocenters. The van der Waals surface area contributed by atoms with Gasteiger partial charge in [-0.1, -0.05) is 48.5 Å². The van der Waals surface area contributed by atoms with Gasteiger partial charge in [-0.2, -0.15) is 0 Å². The largest absolute Gasteiger partial charge is 0.469 e. The first-order valence-corrected chi connectivity index (χ1v) is 14.5. The number of anilines is 2. The number of hydrogen-bond donors (Lipinski definition) is 3. The number of aromatic nitrogens is 2. The maximum atomic E-state index is 13.6. The minimum absolute atomic E-state index is 0.119. The summed E-state index contributed by atoms with van der Waals surface area (Å²) in [5.41, 5.74) is 3.87. The van der Waals surface area contributed by atoms with Gasteiger partial charge in [-0.25, -0.2) is 4.98 Å². The van der Waals surface area contributed by atoms with Crippen LogP contribution in [-0.4, -0.2) is 54.0 Å². The summed E-state index contributed by atoms with van der Waals surface area (Å²) in [7, 11) is 1.35. The number of aryl methyl sites for hydroxylation is 1. The Balaban J connectivity index is 1.18. The molecule has 1 aliphatic rings. The summed E-state index contributed by atoms with van der Waals surface area (Å²) in [6.45, 7) is 0.444. The average molecular weight is 568 g/mol. The Kier molecular flexibility index (Phi) is 9.48. The molecule has 1 aromatic heterocycles. The highest BCUT2D eigenvalue weighted by molar-refractivity contribution is 6.09. The molecular weight excluding hydrogens is 530 g/mol. The average Bonchev–Trinajstić information content (AvgIpc) is 3.45. The Morgan fingerprint density at radius 3 is 2.40 bits per heavy atom. The number of ether oxygens (including phenoxy) is 1. The molecule has 3 N–H and O–H groups in total. The van der Waals surface area contributed by atoms with Gasteiger partial charge in [0.1, 0.15) is 6.54 Å². The lowest BCUT2D eigenvalue weighted by atomic mass is 9.86. The third kappa shape index (κ3) is 7.34. The summed E-state index contributed by atoms with van der Waals surface area (Å²) < 4.78 is 4.80. The fourth-order valence-electron chi connectivity index (χ4n) is 5.51. The molecule has 0 aliphatic heterocycles. The second-order valence-electron chi connectivity index (χ2n) is 10.7. The van der Waals surface area contributed by atoms with Crippen molar-refractivity contribution in [2.75, 3.05) is 30.4 Å². The van der Waals surface area contributed by atoms with Crippen molar-refractivity contribution in [3.05, 3.63) is 90.0 Å². The van der Waals surface area contributed by atoms with E-state index in [1.807, 2.05) is 54.6 Å². The maximum absolute atomic E-state index is 13.6. The Morgan fingerprint density at radius 1 is 0.929 bits per heavy atom. The molecule has 4 aromatic rings. The van der Waals surface area contributed by atoms with Gasteiger partial charge in [0.2, 0.25) is 11.9 Å². The molecule has 1 saturated carbocycles. The number of aromatic amines is 1. The van der Waals surface area contributed by atoms with Crippen LogP contribution in [0, 0.1) is 5.92 Å². The summed E-state index contributed by atoms with van der Waals surface area (Å²) in [6.07, 6.45) is 4.53. The predicted molar refractivity (Wildman–Crippen MR) is 163 cm³/mol. The molecule has 5 rings (SSSR count). The fourth-order valence-corrected chi connectivity index (χ4v) is 5.51. The summed E-state index contributed by atoms with van der Waals surface area (Å²) in [4.78, 5) is 48.1. The van der Waals surface area contributed by atoms with E-state index in [0.717, 1.165) is 48.2 Å². The molecular formula is C33H37N5O4. The van der Waals surface area contributed by atoms with E-state index >= 15 is 0 Å². The van der Waals surface area contributed by atoms with Crippen LogP contribution in [0.2, 0.25) is 0 Å². The number of methoxy groups -OCH3 is 1. The van der Waals surface area contributed by atoms with Crippen molar-refractivity contribution in [1.82, 2.24) is 15.3 Å². The number of esters is 1. The Hall–Kier alpha value is -4.66. The SMILES string of the molecule is COC(=O)CCc1ccccc1N(CC(=O)NCC1CCC(Nc2nc3ccccc3[nH]2)CC1)C(=O)c1ccccc1. The Labute approximate surface area is 245 Å². The summed E-state index contributed by atoms with van der Waals surface area (Å²) >= 11 is 0. The molecule has 1 aliphatic carbocycles. The van der Waals surface area contributed by atoms with Gasteiger partial charge in [0.25, 0.3) is 5.91 Å². The first-order valence-electron chi connectivity index (χ1n) is 14.5. The van der Waals surface area contributed by atoms with Gasteiger partial charge in [-0.05, 0) is 73.9 Å². The van der Waals surface area contributed by atoms with E-state index < -0.39 is 0 Å². The van der Waals surface area contributed by atoms with E-state index in [2.05, 4.69) is 20.6 Å². The van der Waals surface area contributed by atoms with Crippen molar-refractivity contribution in [2.45, 2.75) is 44.6 Å². The minimum atomic E-state index is -0.328. The minimum Gasteiger partial charge on any atom is -0.469 e. The molecule has 218 valence electrons. The summed E-state index contributed by atoms with van der Waals surface area (Å²) in [5, 5.41) is 6.60. The van der Waals surface area contributed by atoms with Gasteiger partial charge < -0.3 is 20.4 Å². The number of amides is 2. The molecule has 1 heterocycles. The third-order valence-electron chi connectivity index (χ3n) is 7.84. The van der Waals surface area contributed by atoms with Crippen molar-refractivity contribution >= 4 is 40.5 Å². The van der Waals surface area contributed by atoms with Crippen LogP contribution in [-0.2, 0) is 20.7 Å². The molecule has 0 saturated heterocycles. The highest BCUT2D eigenvalue weighted by Gasteiger charge is 2.25. The van der Waals surface area contributed by atoms with Crippen molar-refractivity contribution in [1.29, 1.82) is 0 Å². The van der Waals surface area contributed by atoms with Crippen molar-refractivity contribution in [3.8, 4) is 0 Å². The lowest BCUT2D eigenvalue weighted by Crippen LogP contribution is -2.43. The number of nitrogens with zero attached hydrogens (tertiary/aromatic N) is 2. The van der Waals surface area contributed by atoms with Gasteiger partial charge in [-0.3, -0.25) is 19.3 Å². The van der Waals surface area contributed by atoms with Gasteiger partial charge >= 0.3 is 5.97 Å². The molecule has 0 bridgehead atoms. The number of carbonyl (C=O) groups is 3. The molecule has 9 heteroatoms. The van der Waals surface area contributed by atoms with Crippen LogP contribution in [0.1, 0.15) is 48.0 Å². The lowest BCUT2D eigenvalue weighted by molar-refractivity contribution is -0.140. The van der Waals surface area contributed by atoms with Crippen molar-refractivity contribution in [2.24, 2.45) is 5.92 Å². The van der Waals surface area contributed by atoms with Gasteiger partial charge in [0.05, 0.1) is 18.1 Å². The number of hydrogen-bond acceptors (Lipinski definition) is 6. The smallest absolute Gasteiger partial charge is 0.305 e. The number of H-pyrrole nitrogens is 1. The van der Waals surface area contributed by atoms with Crippen molar-refractivity contribution < 1.29 is 19.1 Å². The number of nitrogens with one attached hydrogen (secondary N) is 3. The second kappa shape index (κ2) is 13.8. The molecule has 9 nitrogen and oxygen atoms in total. The van der Waals surface area contributed by atoms with Crippen LogP contribution in [0.5, 0.6) is 0 Å². The zero-order valence-corrected chi connectivity index (χ0v) is 23.8. The van der Waals surface area contributed by atoms with E-state index in [9.17, 15) is 14.4 Å².